The smallest absolute Gasteiger partial charge is 0.318 e. The van der Waals surface area contributed by atoms with Crippen LogP contribution in [-0.2, 0) is 15.0 Å². The molecular formula is C28H35NO3. The summed E-state index contributed by atoms with van der Waals surface area (Å²) < 4.78 is 0. The number of oxime groups is 1. The highest BCUT2D eigenvalue weighted by Gasteiger charge is 2.42. The molecule has 0 amide bonds. The van der Waals surface area contributed by atoms with Gasteiger partial charge in [0.05, 0.1) is 0 Å². The third-order valence-electron chi connectivity index (χ3n) is 6.45. The van der Waals surface area contributed by atoms with Crippen molar-refractivity contribution in [2.24, 2.45) is 5.16 Å². The van der Waals surface area contributed by atoms with Crippen molar-refractivity contribution in [2.45, 2.75) is 85.0 Å². The van der Waals surface area contributed by atoms with Crippen LogP contribution in [0.2, 0.25) is 0 Å². The molecule has 0 unspecified atom stereocenters. The van der Waals surface area contributed by atoms with E-state index in [2.05, 4.69) is 63.2 Å². The highest BCUT2D eigenvalue weighted by Crippen LogP contribution is 2.54. The number of benzene rings is 2. The lowest BCUT2D eigenvalue weighted by Crippen LogP contribution is -2.26. The molecule has 0 fully saturated rings. The van der Waals surface area contributed by atoms with E-state index in [0.717, 1.165) is 38.5 Å². The van der Waals surface area contributed by atoms with E-state index in [-0.39, 0.29) is 11.2 Å². The minimum absolute atomic E-state index is 0.0763. The number of Topliss-reactive ketones (excluding diaryl/α,β-unsaturated/α-hetero) is 1. The summed E-state index contributed by atoms with van der Waals surface area (Å²) in [5.41, 5.74) is 7.26. The standard InChI is InChI=1S/C28H35NO3/c1-6-9-10-26(29-32-20(5)30)27(31)21-12-14-23-22-13-11-19(4)17-24(22)28(15-7-2,16-8-3)25(23)18-21/h11-14,17-18H,6-10,15-16H2,1-5H3. The zero-order valence-corrected chi connectivity index (χ0v) is 20.1. The summed E-state index contributed by atoms with van der Waals surface area (Å²) >= 11 is 0. The van der Waals surface area contributed by atoms with Crippen LogP contribution in [0.1, 0.15) is 99.7 Å². The molecule has 2 aromatic rings. The van der Waals surface area contributed by atoms with Crippen LogP contribution < -0.4 is 0 Å². The van der Waals surface area contributed by atoms with Gasteiger partial charge in [0.15, 0.2) is 0 Å². The molecule has 0 N–H and O–H groups in total. The summed E-state index contributed by atoms with van der Waals surface area (Å²) in [6.07, 6.45) is 6.48. The third-order valence-corrected chi connectivity index (χ3v) is 6.45. The molecule has 0 bridgehead atoms. The van der Waals surface area contributed by atoms with E-state index >= 15 is 0 Å². The number of hydrogen-bond donors (Lipinski definition) is 0. The van der Waals surface area contributed by atoms with E-state index < -0.39 is 5.97 Å². The molecule has 0 radical (unpaired) electrons. The number of ketones is 1. The largest absolute Gasteiger partial charge is 0.331 e. The van der Waals surface area contributed by atoms with Crippen molar-refractivity contribution < 1.29 is 14.4 Å². The lowest BCUT2D eigenvalue weighted by atomic mass is 9.71. The number of nitrogens with zero attached hydrogens (tertiary/aromatic N) is 1. The highest BCUT2D eigenvalue weighted by molar-refractivity contribution is 6.46. The van der Waals surface area contributed by atoms with E-state index in [1.165, 1.54) is 34.7 Å². The first kappa shape index (κ1) is 23.9. The first-order chi connectivity index (χ1) is 15.4. The minimum atomic E-state index is -0.517. The first-order valence-corrected chi connectivity index (χ1v) is 11.9. The summed E-state index contributed by atoms with van der Waals surface area (Å²) in [6.45, 7) is 9.96. The van der Waals surface area contributed by atoms with Crippen LogP contribution in [0, 0.1) is 6.92 Å². The fraction of sp³-hybridized carbons (Fsp3) is 0.464. The number of carbonyl (C=O) groups excluding carboxylic acids is 2. The molecule has 1 aliphatic rings. The van der Waals surface area contributed by atoms with Crippen LogP contribution in [-0.4, -0.2) is 17.5 Å². The van der Waals surface area contributed by atoms with Crippen LogP contribution in [0.3, 0.4) is 0 Å². The molecule has 0 spiro atoms. The average Bonchev–Trinajstić information content (AvgIpc) is 3.02. The molecular weight excluding hydrogens is 398 g/mol. The highest BCUT2D eigenvalue weighted by atomic mass is 16.7. The molecule has 0 saturated heterocycles. The number of fused-ring (bicyclic) bond motifs is 3. The molecule has 4 nitrogen and oxygen atoms in total. The van der Waals surface area contributed by atoms with Crippen molar-refractivity contribution in [1.82, 2.24) is 0 Å². The fourth-order valence-corrected chi connectivity index (χ4v) is 5.10. The molecule has 32 heavy (non-hydrogen) atoms. The van der Waals surface area contributed by atoms with Crippen molar-refractivity contribution in [3.63, 3.8) is 0 Å². The number of hydrogen-bond acceptors (Lipinski definition) is 4. The Balaban J connectivity index is 2.12. The Morgan fingerprint density at radius 2 is 1.53 bits per heavy atom. The van der Waals surface area contributed by atoms with Crippen LogP contribution in [0.4, 0.5) is 0 Å². The second kappa shape index (κ2) is 10.2. The van der Waals surface area contributed by atoms with Gasteiger partial charge < -0.3 is 4.84 Å². The van der Waals surface area contributed by atoms with Gasteiger partial charge in [-0.25, -0.2) is 4.79 Å². The third kappa shape index (κ3) is 4.55. The Bertz CT molecular complexity index is 1030. The number of aryl methyl sites for hydroxylation is 1. The van der Waals surface area contributed by atoms with Crippen molar-refractivity contribution in [3.05, 3.63) is 58.7 Å². The number of carbonyl (C=O) groups is 2. The molecule has 3 rings (SSSR count). The van der Waals surface area contributed by atoms with Crippen LogP contribution in [0.5, 0.6) is 0 Å². The second-order valence-corrected chi connectivity index (χ2v) is 8.95. The van der Waals surface area contributed by atoms with Crippen molar-refractivity contribution in [3.8, 4) is 11.1 Å². The normalized spacial score (nSPS) is 14.1. The van der Waals surface area contributed by atoms with Crippen molar-refractivity contribution >= 4 is 17.5 Å². The van der Waals surface area contributed by atoms with E-state index in [1.807, 2.05) is 6.07 Å². The molecule has 2 aromatic carbocycles. The molecule has 4 heteroatoms. The Morgan fingerprint density at radius 1 is 0.906 bits per heavy atom. The molecule has 0 aromatic heterocycles. The molecule has 0 saturated carbocycles. The molecule has 170 valence electrons. The van der Waals surface area contributed by atoms with Gasteiger partial charge in [0, 0.05) is 17.9 Å². The monoisotopic (exact) mass is 433 g/mol. The van der Waals surface area contributed by atoms with Gasteiger partial charge >= 0.3 is 5.97 Å². The quantitative estimate of drug-likeness (QED) is 0.173. The lowest BCUT2D eigenvalue weighted by molar-refractivity contribution is -0.140. The summed E-state index contributed by atoms with van der Waals surface area (Å²) in [5.74, 6) is -0.673. The van der Waals surface area contributed by atoms with Gasteiger partial charge in [-0.2, -0.15) is 0 Å². The maximum Gasteiger partial charge on any atom is 0.331 e. The maximum atomic E-state index is 13.4. The minimum Gasteiger partial charge on any atom is -0.318 e. The topological polar surface area (TPSA) is 55.7 Å². The van der Waals surface area contributed by atoms with E-state index in [1.54, 1.807) is 0 Å². The van der Waals surface area contributed by atoms with Gasteiger partial charge in [0.1, 0.15) is 5.71 Å². The summed E-state index contributed by atoms with van der Waals surface area (Å²) in [7, 11) is 0. The zero-order valence-electron chi connectivity index (χ0n) is 20.1. The van der Waals surface area contributed by atoms with E-state index in [4.69, 9.17) is 4.84 Å². The molecule has 1 aliphatic carbocycles. The number of unbranched alkanes of at least 4 members (excludes halogenated alkanes) is 1. The SMILES string of the molecule is CCCCC(=NOC(C)=O)C(=O)c1ccc2c(c1)C(CCC)(CCC)c1cc(C)ccc1-2. The Morgan fingerprint density at radius 3 is 2.12 bits per heavy atom. The van der Waals surface area contributed by atoms with Gasteiger partial charge in [-0.15, -0.1) is 0 Å². The summed E-state index contributed by atoms with van der Waals surface area (Å²) in [4.78, 5) is 29.5. The van der Waals surface area contributed by atoms with Gasteiger partial charge in [-0.1, -0.05) is 81.1 Å². The predicted octanol–water partition coefficient (Wildman–Crippen LogP) is 7.15. The van der Waals surface area contributed by atoms with Gasteiger partial charge in [0.2, 0.25) is 5.78 Å². The van der Waals surface area contributed by atoms with Crippen molar-refractivity contribution in [1.29, 1.82) is 0 Å². The molecule has 0 heterocycles. The summed E-state index contributed by atoms with van der Waals surface area (Å²) in [5, 5.41) is 3.91. The van der Waals surface area contributed by atoms with Crippen LogP contribution in [0.25, 0.3) is 11.1 Å². The Labute approximate surface area is 192 Å². The summed E-state index contributed by atoms with van der Waals surface area (Å²) in [6, 6.07) is 12.8. The molecule has 0 aliphatic heterocycles. The van der Waals surface area contributed by atoms with E-state index in [0.29, 0.717) is 17.7 Å². The zero-order chi connectivity index (χ0) is 23.3. The predicted molar refractivity (Wildman–Crippen MR) is 130 cm³/mol. The van der Waals surface area contributed by atoms with Gasteiger partial charge in [0.25, 0.3) is 0 Å². The average molecular weight is 434 g/mol. The van der Waals surface area contributed by atoms with Gasteiger partial charge in [-0.05, 0) is 60.9 Å². The lowest BCUT2D eigenvalue weighted by Gasteiger charge is -2.32. The van der Waals surface area contributed by atoms with Crippen LogP contribution >= 0.6 is 0 Å². The second-order valence-electron chi connectivity index (χ2n) is 8.95. The fourth-order valence-electron chi connectivity index (χ4n) is 5.10. The number of rotatable bonds is 10. The van der Waals surface area contributed by atoms with E-state index in [9.17, 15) is 9.59 Å². The van der Waals surface area contributed by atoms with Crippen molar-refractivity contribution in [2.75, 3.05) is 0 Å². The Kier molecular flexibility index (Phi) is 7.65. The molecule has 0 atom stereocenters. The Hall–Kier alpha value is -2.75. The maximum absolute atomic E-state index is 13.4. The van der Waals surface area contributed by atoms with Crippen LogP contribution in [0.15, 0.2) is 41.6 Å². The van der Waals surface area contributed by atoms with Gasteiger partial charge in [-0.3, -0.25) is 4.79 Å². The first-order valence-electron chi connectivity index (χ1n) is 11.9.